The highest BCUT2D eigenvalue weighted by atomic mass is 35.5. The summed E-state index contributed by atoms with van der Waals surface area (Å²) in [5, 5.41) is 10.8. The molecule has 3 heterocycles. The quantitative estimate of drug-likeness (QED) is 0.397. The minimum absolute atomic E-state index is 0.0155. The van der Waals surface area contributed by atoms with Crippen molar-refractivity contribution in [2.24, 2.45) is 5.92 Å². The molecule has 0 spiro atoms. The maximum absolute atomic E-state index is 14.0. The van der Waals surface area contributed by atoms with Crippen molar-refractivity contribution >= 4 is 23.4 Å². The summed E-state index contributed by atoms with van der Waals surface area (Å²) < 4.78 is 0. The molecule has 2 saturated heterocycles. The molecule has 0 saturated carbocycles. The molecule has 2 amide bonds. The summed E-state index contributed by atoms with van der Waals surface area (Å²) in [7, 11) is 0. The van der Waals surface area contributed by atoms with Crippen molar-refractivity contribution in [3.05, 3.63) is 70.2 Å². The van der Waals surface area contributed by atoms with Gasteiger partial charge in [0.15, 0.2) is 0 Å². The standard InChI is InChI=1S/C33H46ClN5O2/c1-23(2)22-39(28-12-15-35-21-28)27-13-17-38(18-14-27)33(41)31(19-24-7-9-26(34)10-8-24)37-32(40)20-30-29-6-4-3-5-25(29)11-16-36-30/h3-10,23,27-28,30-31,35-36H,11-22H2,1-2H3,(H,37,40)/t28?,30-,31+/m0/s1. The lowest BCUT2D eigenvalue weighted by molar-refractivity contribution is -0.138. The van der Waals surface area contributed by atoms with Crippen LogP contribution in [0.3, 0.4) is 0 Å². The fourth-order valence-corrected chi connectivity index (χ4v) is 6.97. The van der Waals surface area contributed by atoms with E-state index in [0.717, 1.165) is 64.1 Å². The van der Waals surface area contributed by atoms with Gasteiger partial charge in [0.25, 0.3) is 0 Å². The van der Waals surface area contributed by atoms with Crippen LogP contribution in [0.2, 0.25) is 5.02 Å². The largest absolute Gasteiger partial charge is 0.344 e. The van der Waals surface area contributed by atoms with Gasteiger partial charge < -0.3 is 20.9 Å². The van der Waals surface area contributed by atoms with E-state index in [4.69, 9.17) is 11.6 Å². The zero-order chi connectivity index (χ0) is 28.8. The fraction of sp³-hybridized carbons (Fsp3) is 0.576. The molecule has 0 radical (unpaired) electrons. The summed E-state index contributed by atoms with van der Waals surface area (Å²) in [4.78, 5) is 32.0. The zero-order valence-electron chi connectivity index (χ0n) is 24.6. The second-order valence-corrected chi connectivity index (χ2v) is 12.8. The molecular formula is C33H46ClN5O2. The number of fused-ring (bicyclic) bond motifs is 1. The molecule has 8 heteroatoms. The molecule has 7 nitrogen and oxygen atoms in total. The van der Waals surface area contributed by atoms with Crippen LogP contribution >= 0.6 is 11.6 Å². The molecule has 3 aliphatic heterocycles. The number of nitrogens with one attached hydrogen (secondary N) is 3. The number of carbonyl (C=O) groups excluding carboxylic acids is 2. The van der Waals surface area contributed by atoms with Crippen LogP contribution in [-0.4, -0.2) is 79.0 Å². The molecule has 222 valence electrons. The number of rotatable bonds is 10. The summed E-state index contributed by atoms with van der Waals surface area (Å²) in [6.07, 6.45) is 4.86. The van der Waals surface area contributed by atoms with Crippen LogP contribution in [0.5, 0.6) is 0 Å². The second-order valence-electron chi connectivity index (χ2n) is 12.4. The number of nitrogens with zero attached hydrogens (tertiary/aromatic N) is 2. The van der Waals surface area contributed by atoms with E-state index < -0.39 is 6.04 Å². The Morgan fingerprint density at radius 1 is 1.02 bits per heavy atom. The molecule has 5 rings (SSSR count). The Morgan fingerprint density at radius 3 is 2.49 bits per heavy atom. The lowest BCUT2D eigenvalue weighted by Gasteiger charge is -2.42. The summed E-state index contributed by atoms with van der Waals surface area (Å²) in [5.41, 5.74) is 3.46. The summed E-state index contributed by atoms with van der Waals surface area (Å²) in [6, 6.07) is 16.3. The van der Waals surface area contributed by atoms with Crippen LogP contribution in [0, 0.1) is 5.92 Å². The Labute approximate surface area is 250 Å². The predicted octanol–water partition coefficient (Wildman–Crippen LogP) is 3.96. The first-order valence-electron chi connectivity index (χ1n) is 15.5. The number of amides is 2. The zero-order valence-corrected chi connectivity index (χ0v) is 25.3. The van der Waals surface area contributed by atoms with Crippen molar-refractivity contribution in [1.82, 2.24) is 25.8 Å². The van der Waals surface area contributed by atoms with Crippen molar-refractivity contribution in [3.63, 3.8) is 0 Å². The monoisotopic (exact) mass is 579 g/mol. The lowest BCUT2D eigenvalue weighted by atomic mass is 9.92. The van der Waals surface area contributed by atoms with Gasteiger partial charge >= 0.3 is 0 Å². The van der Waals surface area contributed by atoms with Crippen molar-refractivity contribution < 1.29 is 9.59 Å². The summed E-state index contributed by atoms with van der Waals surface area (Å²) >= 11 is 6.12. The highest BCUT2D eigenvalue weighted by Gasteiger charge is 2.35. The molecule has 0 aromatic heterocycles. The van der Waals surface area contributed by atoms with Gasteiger partial charge in [0.2, 0.25) is 11.8 Å². The molecule has 41 heavy (non-hydrogen) atoms. The molecular weight excluding hydrogens is 534 g/mol. The summed E-state index contributed by atoms with van der Waals surface area (Å²) in [5.74, 6) is 0.528. The van der Waals surface area contributed by atoms with Gasteiger partial charge in [-0.25, -0.2) is 0 Å². The van der Waals surface area contributed by atoms with E-state index in [-0.39, 0.29) is 17.9 Å². The topological polar surface area (TPSA) is 76.7 Å². The van der Waals surface area contributed by atoms with Crippen LogP contribution in [0.1, 0.15) is 62.3 Å². The number of piperidine rings is 1. The Balaban J connectivity index is 1.25. The normalized spacial score (nSPS) is 22.1. The Bertz CT molecular complexity index is 1160. The number of hydrogen-bond acceptors (Lipinski definition) is 5. The van der Waals surface area contributed by atoms with E-state index in [1.807, 2.05) is 35.2 Å². The van der Waals surface area contributed by atoms with Crippen LogP contribution in [-0.2, 0) is 22.4 Å². The highest BCUT2D eigenvalue weighted by Crippen LogP contribution is 2.26. The van der Waals surface area contributed by atoms with E-state index in [1.165, 1.54) is 17.5 Å². The van der Waals surface area contributed by atoms with Crippen molar-refractivity contribution in [1.29, 1.82) is 0 Å². The Kier molecular flexibility index (Phi) is 10.4. The average Bonchev–Trinajstić information content (AvgIpc) is 3.51. The Morgan fingerprint density at radius 2 is 1.78 bits per heavy atom. The van der Waals surface area contributed by atoms with Gasteiger partial charge in [0.1, 0.15) is 6.04 Å². The van der Waals surface area contributed by atoms with Gasteiger partial charge in [0, 0.05) is 62.2 Å². The summed E-state index contributed by atoms with van der Waals surface area (Å²) in [6.45, 7) is 10.1. The van der Waals surface area contributed by atoms with E-state index in [0.29, 0.717) is 35.9 Å². The van der Waals surface area contributed by atoms with E-state index in [1.54, 1.807) is 0 Å². The molecule has 2 aromatic carbocycles. The average molecular weight is 580 g/mol. The molecule has 3 aliphatic rings. The van der Waals surface area contributed by atoms with Gasteiger partial charge in [0.05, 0.1) is 0 Å². The molecule has 2 aromatic rings. The molecule has 1 unspecified atom stereocenters. The lowest BCUT2D eigenvalue weighted by Crippen LogP contribution is -2.55. The number of hydrogen-bond donors (Lipinski definition) is 3. The van der Waals surface area contributed by atoms with Crippen LogP contribution < -0.4 is 16.0 Å². The van der Waals surface area contributed by atoms with Crippen LogP contribution in [0.4, 0.5) is 0 Å². The molecule has 3 atom stereocenters. The third kappa shape index (κ3) is 7.89. The maximum atomic E-state index is 14.0. The van der Waals surface area contributed by atoms with Gasteiger partial charge in [-0.1, -0.05) is 61.8 Å². The van der Waals surface area contributed by atoms with Crippen molar-refractivity contribution in [3.8, 4) is 0 Å². The minimum Gasteiger partial charge on any atom is -0.344 e. The number of halogens is 1. The molecule has 0 aliphatic carbocycles. The van der Waals surface area contributed by atoms with Gasteiger partial charge in [-0.05, 0) is 73.5 Å². The molecule has 0 bridgehead atoms. The third-order valence-corrected chi connectivity index (χ3v) is 9.17. The Hall–Kier alpha value is -2.45. The van der Waals surface area contributed by atoms with E-state index in [2.05, 4.69) is 52.9 Å². The van der Waals surface area contributed by atoms with Gasteiger partial charge in [-0.3, -0.25) is 14.5 Å². The molecule has 2 fully saturated rings. The van der Waals surface area contributed by atoms with E-state index >= 15 is 0 Å². The first-order chi connectivity index (χ1) is 19.9. The number of benzene rings is 2. The van der Waals surface area contributed by atoms with Crippen LogP contribution in [0.25, 0.3) is 0 Å². The van der Waals surface area contributed by atoms with Gasteiger partial charge in [-0.15, -0.1) is 0 Å². The SMILES string of the molecule is CC(C)CN(C1CCN(C(=O)[C@@H](Cc2ccc(Cl)cc2)NC(=O)C[C@@H]2NCCc3ccccc32)CC1)C1CCNC1. The van der Waals surface area contributed by atoms with Crippen molar-refractivity contribution in [2.75, 3.05) is 39.3 Å². The first-order valence-corrected chi connectivity index (χ1v) is 15.9. The molecule has 3 N–H and O–H groups in total. The van der Waals surface area contributed by atoms with Crippen LogP contribution in [0.15, 0.2) is 48.5 Å². The smallest absolute Gasteiger partial charge is 0.245 e. The minimum atomic E-state index is -0.607. The second kappa shape index (κ2) is 14.1. The highest BCUT2D eigenvalue weighted by molar-refractivity contribution is 6.30. The van der Waals surface area contributed by atoms with E-state index in [9.17, 15) is 9.59 Å². The van der Waals surface area contributed by atoms with Crippen molar-refractivity contribution in [2.45, 2.75) is 76.5 Å². The third-order valence-electron chi connectivity index (χ3n) is 8.92. The first kappa shape index (κ1) is 30.0. The maximum Gasteiger partial charge on any atom is 0.245 e. The van der Waals surface area contributed by atoms with Gasteiger partial charge in [-0.2, -0.15) is 0 Å². The number of likely N-dealkylation sites (tertiary alicyclic amines) is 1. The fourth-order valence-electron chi connectivity index (χ4n) is 6.85. The predicted molar refractivity (Wildman–Crippen MR) is 165 cm³/mol. The number of carbonyl (C=O) groups is 2.